The minimum absolute atomic E-state index is 0.0536. The molecule has 1 amide bonds. The Bertz CT molecular complexity index is 397. The Kier molecular flexibility index (Phi) is 6.16. The van der Waals surface area contributed by atoms with E-state index in [2.05, 4.69) is 16.7 Å². The molecular formula is C13H20N2O2S2. The number of methoxy groups -OCH3 is 1. The zero-order valence-corrected chi connectivity index (χ0v) is 12.8. The van der Waals surface area contributed by atoms with Crippen molar-refractivity contribution in [3.63, 3.8) is 0 Å². The number of ether oxygens (including phenoxy) is 1. The Hall–Kier alpha value is -0.560. The van der Waals surface area contributed by atoms with E-state index in [1.165, 1.54) is 16.2 Å². The van der Waals surface area contributed by atoms with E-state index < -0.39 is 0 Å². The normalized spacial score (nSPS) is 14.2. The van der Waals surface area contributed by atoms with Gasteiger partial charge in [0, 0.05) is 37.4 Å². The lowest BCUT2D eigenvalue weighted by atomic mass is 10.2. The fraction of sp³-hybridized carbons (Fsp3) is 0.615. The van der Waals surface area contributed by atoms with Crippen LogP contribution in [0.25, 0.3) is 0 Å². The SMILES string of the molecule is COCCNCCNC(=O)c1cc2c(s1)CCSC2. The molecule has 19 heavy (non-hydrogen) atoms. The summed E-state index contributed by atoms with van der Waals surface area (Å²) >= 11 is 3.59. The first-order valence-corrected chi connectivity index (χ1v) is 8.45. The maximum Gasteiger partial charge on any atom is 0.261 e. The first kappa shape index (κ1) is 14.8. The molecule has 0 spiro atoms. The predicted octanol–water partition coefficient (Wildman–Crippen LogP) is 1.50. The summed E-state index contributed by atoms with van der Waals surface area (Å²) in [7, 11) is 1.68. The van der Waals surface area contributed by atoms with Crippen LogP contribution >= 0.6 is 23.1 Å². The molecule has 0 fully saturated rings. The van der Waals surface area contributed by atoms with Gasteiger partial charge in [-0.3, -0.25) is 4.79 Å². The van der Waals surface area contributed by atoms with Crippen molar-refractivity contribution >= 4 is 29.0 Å². The van der Waals surface area contributed by atoms with Crippen molar-refractivity contribution in [1.29, 1.82) is 0 Å². The van der Waals surface area contributed by atoms with Gasteiger partial charge in [-0.2, -0.15) is 11.8 Å². The van der Waals surface area contributed by atoms with Crippen LogP contribution in [0.3, 0.4) is 0 Å². The van der Waals surface area contributed by atoms with Gasteiger partial charge in [0.2, 0.25) is 0 Å². The van der Waals surface area contributed by atoms with Gasteiger partial charge in [-0.05, 0) is 23.8 Å². The van der Waals surface area contributed by atoms with Crippen molar-refractivity contribution in [2.45, 2.75) is 12.2 Å². The quantitative estimate of drug-likeness (QED) is 0.749. The van der Waals surface area contributed by atoms with Crippen molar-refractivity contribution in [2.24, 2.45) is 0 Å². The highest BCUT2D eigenvalue weighted by molar-refractivity contribution is 7.98. The third kappa shape index (κ3) is 4.49. The molecule has 2 heterocycles. The standard InChI is InChI=1S/C13H20N2O2S2/c1-17-6-5-14-3-4-15-13(16)12-8-10-9-18-7-2-11(10)19-12/h8,14H,2-7,9H2,1H3,(H,15,16). The largest absolute Gasteiger partial charge is 0.383 e. The highest BCUT2D eigenvalue weighted by atomic mass is 32.2. The van der Waals surface area contributed by atoms with Gasteiger partial charge >= 0.3 is 0 Å². The molecule has 1 aliphatic heterocycles. The average molecular weight is 300 g/mol. The zero-order chi connectivity index (χ0) is 13.5. The lowest BCUT2D eigenvalue weighted by Gasteiger charge is -2.08. The molecule has 1 aromatic heterocycles. The molecule has 1 aromatic rings. The number of hydrogen-bond donors (Lipinski definition) is 2. The van der Waals surface area contributed by atoms with Crippen LogP contribution in [0.1, 0.15) is 20.1 Å². The Labute approximate surface area is 122 Å². The van der Waals surface area contributed by atoms with Crippen LogP contribution in [0.2, 0.25) is 0 Å². The number of carbonyl (C=O) groups excluding carboxylic acids is 1. The van der Waals surface area contributed by atoms with Gasteiger partial charge in [0.15, 0.2) is 0 Å². The van der Waals surface area contributed by atoms with Crippen LogP contribution in [0.15, 0.2) is 6.07 Å². The van der Waals surface area contributed by atoms with E-state index in [0.717, 1.165) is 30.1 Å². The highest BCUT2D eigenvalue weighted by Gasteiger charge is 2.16. The zero-order valence-electron chi connectivity index (χ0n) is 11.2. The minimum Gasteiger partial charge on any atom is -0.383 e. The number of thiophene rings is 1. The lowest BCUT2D eigenvalue weighted by Crippen LogP contribution is -2.32. The molecule has 4 nitrogen and oxygen atoms in total. The summed E-state index contributed by atoms with van der Waals surface area (Å²) in [4.78, 5) is 14.2. The van der Waals surface area contributed by atoms with Gasteiger partial charge in [0.05, 0.1) is 11.5 Å². The molecule has 2 rings (SSSR count). The van der Waals surface area contributed by atoms with Crippen LogP contribution in [0.5, 0.6) is 0 Å². The van der Waals surface area contributed by atoms with Crippen molar-refractivity contribution in [3.05, 3.63) is 21.4 Å². The van der Waals surface area contributed by atoms with Crippen LogP contribution in [-0.2, 0) is 16.9 Å². The summed E-state index contributed by atoms with van der Waals surface area (Å²) in [6.45, 7) is 2.94. The van der Waals surface area contributed by atoms with Gasteiger partial charge in [0.1, 0.15) is 0 Å². The Balaban J connectivity index is 1.72. The number of amides is 1. The van der Waals surface area contributed by atoms with Crippen LogP contribution in [0, 0.1) is 0 Å². The topological polar surface area (TPSA) is 50.4 Å². The summed E-state index contributed by atoms with van der Waals surface area (Å²) in [6, 6.07) is 2.06. The van der Waals surface area contributed by atoms with Crippen LogP contribution in [0.4, 0.5) is 0 Å². The molecule has 0 radical (unpaired) electrons. The minimum atomic E-state index is 0.0536. The number of hydrogen-bond acceptors (Lipinski definition) is 5. The summed E-state index contributed by atoms with van der Waals surface area (Å²) in [6.07, 6.45) is 1.11. The van der Waals surface area contributed by atoms with Crippen molar-refractivity contribution in [2.75, 3.05) is 39.1 Å². The highest BCUT2D eigenvalue weighted by Crippen LogP contribution is 2.31. The first-order valence-electron chi connectivity index (χ1n) is 6.48. The second kappa shape index (κ2) is 7.89. The van der Waals surface area contributed by atoms with E-state index in [-0.39, 0.29) is 5.91 Å². The van der Waals surface area contributed by atoms with Crippen molar-refractivity contribution in [1.82, 2.24) is 10.6 Å². The third-order valence-corrected chi connectivity index (χ3v) is 5.17. The number of thioether (sulfide) groups is 1. The summed E-state index contributed by atoms with van der Waals surface area (Å²) in [5.74, 6) is 2.29. The molecule has 0 saturated carbocycles. The maximum atomic E-state index is 12.0. The molecule has 1 aliphatic rings. The lowest BCUT2D eigenvalue weighted by molar-refractivity contribution is 0.0957. The maximum absolute atomic E-state index is 12.0. The monoisotopic (exact) mass is 300 g/mol. The summed E-state index contributed by atoms with van der Waals surface area (Å²) in [5.41, 5.74) is 1.35. The molecular weight excluding hydrogens is 280 g/mol. The molecule has 6 heteroatoms. The second-order valence-electron chi connectivity index (χ2n) is 4.36. The molecule has 0 atom stereocenters. The average Bonchev–Trinajstić information content (AvgIpc) is 2.86. The molecule has 0 bridgehead atoms. The fourth-order valence-electron chi connectivity index (χ4n) is 1.91. The van der Waals surface area contributed by atoms with E-state index in [1.54, 1.807) is 18.4 Å². The third-order valence-electron chi connectivity index (χ3n) is 2.92. The van der Waals surface area contributed by atoms with E-state index in [4.69, 9.17) is 4.74 Å². The summed E-state index contributed by atoms with van der Waals surface area (Å²) in [5, 5.41) is 6.15. The molecule has 2 N–H and O–H groups in total. The number of carbonyl (C=O) groups is 1. The Morgan fingerprint density at radius 2 is 2.32 bits per heavy atom. The molecule has 0 saturated heterocycles. The fourth-order valence-corrected chi connectivity index (χ4v) is 4.20. The smallest absolute Gasteiger partial charge is 0.261 e. The molecule has 0 aromatic carbocycles. The van der Waals surface area contributed by atoms with Gasteiger partial charge in [-0.1, -0.05) is 0 Å². The van der Waals surface area contributed by atoms with E-state index in [9.17, 15) is 4.79 Å². The van der Waals surface area contributed by atoms with Gasteiger partial charge in [-0.15, -0.1) is 11.3 Å². The molecule has 106 valence electrons. The molecule has 0 unspecified atom stereocenters. The van der Waals surface area contributed by atoms with Crippen LogP contribution in [-0.4, -0.2) is 45.0 Å². The van der Waals surface area contributed by atoms with E-state index in [1.807, 2.05) is 11.8 Å². The Morgan fingerprint density at radius 3 is 3.11 bits per heavy atom. The first-order chi connectivity index (χ1) is 9.31. The number of aryl methyl sites for hydroxylation is 1. The molecule has 0 aliphatic carbocycles. The van der Waals surface area contributed by atoms with Crippen LogP contribution < -0.4 is 10.6 Å². The van der Waals surface area contributed by atoms with E-state index >= 15 is 0 Å². The Morgan fingerprint density at radius 1 is 1.42 bits per heavy atom. The predicted molar refractivity (Wildman–Crippen MR) is 81.3 cm³/mol. The van der Waals surface area contributed by atoms with Gasteiger partial charge in [0.25, 0.3) is 5.91 Å². The van der Waals surface area contributed by atoms with Gasteiger partial charge in [-0.25, -0.2) is 0 Å². The number of nitrogens with one attached hydrogen (secondary N) is 2. The van der Waals surface area contributed by atoms with Gasteiger partial charge < -0.3 is 15.4 Å². The van der Waals surface area contributed by atoms with Crippen molar-refractivity contribution < 1.29 is 9.53 Å². The second-order valence-corrected chi connectivity index (χ2v) is 6.60. The number of fused-ring (bicyclic) bond motifs is 1. The van der Waals surface area contributed by atoms with Crippen molar-refractivity contribution in [3.8, 4) is 0 Å². The van der Waals surface area contributed by atoms with E-state index in [0.29, 0.717) is 13.2 Å². The summed E-state index contributed by atoms with van der Waals surface area (Å²) < 4.78 is 4.94. The number of rotatable bonds is 7.